The quantitative estimate of drug-likeness (QED) is 0.775. The molecular formula is C18H19FN2O4S. The van der Waals surface area contributed by atoms with Gasteiger partial charge < -0.3 is 10.1 Å². The Morgan fingerprint density at radius 3 is 2.85 bits per heavy atom. The van der Waals surface area contributed by atoms with Crippen molar-refractivity contribution in [2.75, 3.05) is 20.2 Å². The van der Waals surface area contributed by atoms with E-state index in [9.17, 15) is 17.6 Å². The molecule has 0 spiro atoms. The molecule has 0 radical (unpaired) electrons. The Hall–Kier alpha value is -2.29. The van der Waals surface area contributed by atoms with Crippen LogP contribution in [0.2, 0.25) is 0 Å². The lowest BCUT2D eigenvalue weighted by Crippen LogP contribution is -2.39. The van der Waals surface area contributed by atoms with Gasteiger partial charge in [0.05, 0.1) is 17.6 Å². The first-order valence-electron chi connectivity index (χ1n) is 8.11. The van der Waals surface area contributed by atoms with Gasteiger partial charge in [-0.05, 0) is 42.3 Å². The lowest BCUT2D eigenvalue weighted by atomic mass is 9.95. The van der Waals surface area contributed by atoms with E-state index in [4.69, 9.17) is 0 Å². The Morgan fingerprint density at radius 2 is 2.08 bits per heavy atom. The van der Waals surface area contributed by atoms with Crippen molar-refractivity contribution in [2.24, 2.45) is 0 Å². The fraction of sp³-hybridized carbons (Fsp3) is 0.278. The normalized spacial score (nSPS) is 16.8. The average molecular weight is 378 g/mol. The van der Waals surface area contributed by atoms with Crippen LogP contribution in [0.3, 0.4) is 0 Å². The van der Waals surface area contributed by atoms with E-state index in [1.54, 1.807) is 0 Å². The lowest BCUT2D eigenvalue weighted by molar-refractivity contribution is 0.0596. The van der Waals surface area contributed by atoms with Crippen molar-refractivity contribution in [3.63, 3.8) is 0 Å². The SMILES string of the molecule is COC(=O)c1ccc(F)cc1S(=O)(=O)NCC1NCCc2ccccc21. The van der Waals surface area contributed by atoms with Crippen LogP contribution in [-0.4, -0.2) is 34.6 Å². The highest BCUT2D eigenvalue weighted by Crippen LogP contribution is 2.23. The van der Waals surface area contributed by atoms with Crippen molar-refractivity contribution >= 4 is 16.0 Å². The molecule has 138 valence electrons. The second kappa shape index (κ2) is 7.53. The molecule has 1 aliphatic rings. The second-order valence-electron chi connectivity index (χ2n) is 5.94. The van der Waals surface area contributed by atoms with Gasteiger partial charge in [-0.25, -0.2) is 22.3 Å². The molecule has 1 unspecified atom stereocenters. The van der Waals surface area contributed by atoms with Crippen LogP contribution in [0.15, 0.2) is 47.4 Å². The van der Waals surface area contributed by atoms with E-state index < -0.39 is 26.7 Å². The van der Waals surface area contributed by atoms with Crippen molar-refractivity contribution in [3.8, 4) is 0 Å². The maximum absolute atomic E-state index is 13.6. The molecule has 0 bridgehead atoms. The van der Waals surface area contributed by atoms with Crippen molar-refractivity contribution in [1.82, 2.24) is 10.0 Å². The minimum Gasteiger partial charge on any atom is -0.465 e. The number of methoxy groups -OCH3 is 1. The van der Waals surface area contributed by atoms with Gasteiger partial charge in [0.15, 0.2) is 0 Å². The first-order chi connectivity index (χ1) is 12.4. The Balaban J connectivity index is 1.85. The molecule has 1 heterocycles. The molecule has 0 saturated carbocycles. The predicted molar refractivity (Wildman–Crippen MR) is 93.8 cm³/mol. The molecule has 2 N–H and O–H groups in total. The number of rotatable bonds is 5. The van der Waals surface area contributed by atoms with Gasteiger partial charge in [-0.1, -0.05) is 24.3 Å². The van der Waals surface area contributed by atoms with Gasteiger partial charge in [-0.3, -0.25) is 0 Å². The third kappa shape index (κ3) is 3.77. The summed E-state index contributed by atoms with van der Waals surface area (Å²) < 4.78 is 46.0. The van der Waals surface area contributed by atoms with Crippen LogP contribution in [0.1, 0.15) is 27.5 Å². The van der Waals surface area contributed by atoms with Crippen LogP contribution in [0, 0.1) is 5.82 Å². The predicted octanol–water partition coefficient (Wildman–Crippen LogP) is 1.78. The summed E-state index contributed by atoms with van der Waals surface area (Å²) in [6.45, 7) is 0.813. The van der Waals surface area contributed by atoms with Gasteiger partial charge in [0, 0.05) is 12.6 Å². The molecule has 8 heteroatoms. The van der Waals surface area contributed by atoms with Crippen molar-refractivity contribution in [3.05, 3.63) is 65.0 Å². The standard InChI is InChI=1S/C18H19FN2O4S/c1-25-18(22)15-7-6-13(19)10-17(15)26(23,24)21-11-16-14-5-3-2-4-12(14)8-9-20-16/h2-7,10,16,20-21H,8-9,11H2,1H3. The molecular weight excluding hydrogens is 359 g/mol. The average Bonchev–Trinajstić information content (AvgIpc) is 2.65. The number of esters is 1. The molecule has 2 aromatic carbocycles. The maximum Gasteiger partial charge on any atom is 0.339 e. The van der Waals surface area contributed by atoms with Crippen LogP contribution in [0.25, 0.3) is 0 Å². The first-order valence-corrected chi connectivity index (χ1v) is 9.59. The lowest BCUT2D eigenvalue weighted by Gasteiger charge is -2.27. The number of carbonyl (C=O) groups excluding carboxylic acids is 1. The molecule has 26 heavy (non-hydrogen) atoms. The Morgan fingerprint density at radius 1 is 1.31 bits per heavy atom. The Kier molecular flexibility index (Phi) is 5.36. The molecule has 1 aliphatic heterocycles. The topological polar surface area (TPSA) is 84.5 Å². The summed E-state index contributed by atoms with van der Waals surface area (Å²) in [4.78, 5) is 11.4. The largest absolute Gasteiger partial charge is 0.465 e. The highest BCUT2D eigenvalue weighted by Gasteiger charge is 2.26. The van der Waals surface area contributed by atoms with E-state index in [0.717, 1.165) is 49.4 Å². The number of hydrogen-bond donors (Lipinski definition) is 2. The third-order valence-corrected chi connectivity index (χ3v) is 5.80. The van der Waals surface area contributed by atoms with Gasteiger partial charge in [0.2, 0.25) is 10.0 Å². The van der Waals surface area contributed by atoms with E-state index in [-0.39, 0.29) is 18.2 Å². The summed E-state index contributed by atoms with van der Waals surface area (Å²) in [6, 6.07) is 10.5. The number of halogens is 1. The Bertz CT molecular complexity index is 931. The number of benzene rings is 2. The summed E-state index contributed by atoms with van der Waals surface area (Å²) in [5.41, 5.74) is 1.98. The van der Waals surface area contributed by atoms with Gasteiger partial charge >= 0.3 is 5.97 Å². The van der Waals surface area contributed by atoms with E-state index in [1.165, 1.54) is 0 Å². The number of carbonyl (C=O) groups is 1. The van der Waals surface area contributed by atoms with Gasteiger partial charge in [-0.2, -0.15) is 0 Å². The molecule has 2 aromatic rings. The fourth-order valence-electron chi connectivity index (χ4n) is 3.04. The highest BCUT2D eigenvalue weighted by molar-refractivity contribution is 7.89. The summed E-state index contributed by atoms with van der Waals surface area (Å²) in [7, 11) is -2.96. The van der Waals surface area contributed by atoms with Gasteiger partial charge in [-0.15, -0.1) is 0 Å². The minimum absolute atomic E-state index is 0.0798. The number of sulfonamides is 1. The van der Waals surface area contributed by atoms with E-state index in [0.29, 0.717) is 0 Å². The molecule has 0 fully saturated rings. The number of nitrogens with one attached hydrogen (secondary N) is 2. The van der Waals surface area contributed by atoms with Gasteiger partial charge in [0.1, 0.15) is 5.82 Å². The summed E-state index contributed by atoms with van der Waals surface area (Å²) >= 11 is 0. The van der Waals surface area contributed by atoms with Crippen molar-refractivity contribution in [1.29, 1.82) is 0 Å². The zero-order valence-corrected chi connectivity index (χ0v) is 15.0. The van der Waals surface area contributed by atoms with E-state index >= 15 is 0 Å². The summed E-state index contributed by atoms with van der Waals surface area (Å²) in [6.07, 6.45) is 0.871. The van der Waals surface area contributed by atoms with Crippen molar-refractivity contribution < 1.29 is 22.3 Å². The minimum atomic E-state index is -4.10. The number of hydrogen-bond acceptors (Lipinski definition) is 5. The molecule has 0 aromatic heterocycles. The number of ether oxygens (including phenoxy) is 1. The maximum atomic E-state index is 13.6. The van der Waals surface area contributed by atoms with Crippen LogP contribution in [-0.2, 0) is 21.2 Å². The monoisotopic (exact) mass is 378 g/mol. The molecule has 0 saturated heterocycles. The van der Waals surface area contributed by atoms with Crippen LogP contribution < -0.4 is 10.0 Å². The molecule has 0 amide bonds. The summed E-state index contributed by atoms with van der Waals surface area (Å²) in [5, 5.41) is 3.27. The van der Waals surface area contributed by atoms with Crippen LogP contribution >= 0.6 is 0 Å². The van der Waals surface area contributed by atoms with Crippen molar-refractivity contribution in [2.45, 2.75) is 17.4 Å². The fourth-order valence-corrected chi connectivity index (χ4v) is 4.29. The van der Waals surface area contributed by atoms with Crippen LogP contribution in [0.5, 0.6) is 0 Å². The van der Waals surface area contributed by atoms with E-state index in [2.05, 4.69) is 14.8 Å². The molecule has 0 aliphatic carbocycles. The molecule has 3 rings (SSSR count). The highest BCUT2D eigenvalue weighted by atomic mass is 32.2. The van der Waals surface area contributed by atoms with E-state index in [1.807, 2.05) is 24.3 Å². The summed E-state index contributed by atoms with van der Waals surface area (Å²) in [5.74, 6) is -1.59. The smallest absolute Gasteiger partial charge is 0.339 e. The molecule has 1 atom stereocenters. The van der Waals surface area contributed by atoms with Gasteiger partial charge in [0.25, 0.3) is 0 Å². The zero-order chi connectivity index (χ0) is 18.7. The zero-order valence-electron chi connectivity index (χ0n) is 14.2. The first kappa shape index (κ1) is 18.5. The second-order valence-corrected chi connectivity index (χ2v) is 7.67. The molecule has 6 nitrogen and oxygen atoms in total. The third-order valence-electron chi connectivity index (χ3n) is 4.33. The Labute approximate surface area is 151 Å². The number of fused-ring (bicyclic) bond motifs is 1. The van der Waals surface area contributed by atoms with Crippen LogP contribution in [0.4, 0.5) is 4.39 Å².